The van der Waals surface area contributed by atoms with Crippen LogP contribution in [0.5, 0.6) is 0 Å². The van der Waals surface area contributed by atoms with Crippen LogP contribution in [-0.4, -0.2) is 4.98 Å². The van der Waals surface area contributed by atoms with Crippen molar-refractivity contribution in [3.05, 3.63) is 71.3 Å². The average Bonchev–Trinajstić information content (AvgIpc) is 2.63. The van der Waals surface area contributed by atoms with Crippen molar-refractivity contribution < 1.29 is 8.78 Å². The molecule has 0 aliphatic carbocycles. The van der Waals surface area contributed by atoms with E-state index in [1.165, 1.54) is 5.56 Å². The highest BCUT2D eigenvalue weighted by atomic mass is 19.1. The Labute approximate surface area is 144 Å². The summed E-state index contributed by atoms with van der Waals surface area (Å²) in [6.45, 7) is 2.05. The molecule has 2 N–H and O–H groups in total. The van der Waals surface area contributed by atoms with Crippen molar-refractivity contribution in [3.8, 4) is 28.5 Å². The summed E-state index contributed by atoms with van der Waals surface area (Å²) >= 11 is 0. The highest BCUT2D eigenvalue weighted by molar-refractivity contribution is 5.80. The fourth-order valence-electron chi connectivity index (χ4n) is 2.66. The Kier molecular flexibility index (Phi) is 4.44. The number of pyridine rings is 1. The van der Waals surface area contributed by atoms with Gasteiger partial charge in [-0.25, -0.2) is 13.8 Å². The molecule has 0 spiro atoms. The number of hydrogen-bond acceptors (Lipinski definition) is 3. The van der Waals surface area contributed by atoms with Crippen LogP contribution < -0.4 is 5.73 Å². The molecule has 0 aliphatic rings. The van der Waals surface area contributed by atoms with Crippen molar-refractivity contribution in [2.75, 3.05) is 5.73 Å². The number of anilines is 1. The normalized spacial score (nSPS) is 10.5. The highest BCUT2D eigenvalue weighted by Crippen LogP contribution is 2.33. The Balaban J connectivity index is 2.22. The Morgan fingerprint density at radius 3 is 2.40 bits per heavy atom. The lowest BCUT2D eigenvalue weighted by molar-refractivity contribution is 0.603. The predicted octanol–water partition coefficient (Wildman–Crippen LogP) is 4.71. The monoisotopic (exact) mass is 335 g/mol. The van der Waals surface area contributed by atoms with Crippen LogP contribution in [0.15, 0.2) is 48.5 Å². The molecule has 5 heteroatoms. The minimum atomic E-state index is -0.629. The van der Waals surface area contributed by atoms with Crippen LogP contribution in [-0.2, 0) is 6.42 Å². The number of nitrogen functional groups attached to an aromatic ring is 1. The second-order valence-corrected chi connectivity index (χ2v) is 5.60. The van der Waals surface area contributed by atoms with Crippen molar-refractivity contribution in [1.82, 2.24) is 4.98 Å². The Bertz CT molecular complexity index is 973. The number of halogens is 2. The molecular formula is C20H15F2N3. The van der Waals surface area contributed by atoms with Gasteiger partial charge in [-0.05, 0) is 36.2 Å². The van der Waals surface area contributed by atoms with Gasteiger partial charge in [0.05, 0.1) is 5.69 Å². The molecule has 0 bridgehead atoms. The number of nitrogens with zero attached hydrogens (tertiary/aromatic N) is 2. The number of rotatable bonds is 3. The predicted molar refractivity (Wildman–Crippen MR) is 93.5 cm³/mol. The number of aryl methyl sites for hydroxylation is 1. The quantitative estimate of drug-likeness (QED) is 0.754. The minimum Gasteiger partial charge on any atom is -0.383 e. The maximum Gasteiger partial charge on any atom is 0.142 e. The molecule has 0 radical (unpaired) electrons. The summed E-state index contributed by atoms with van der Waals surface area (Å²) in [5.41, 5.74) is 8.59. The molecule has 25 heavy (non-hydrogen) atoms. The third-order valence-electron chi connectivity index (χ3n) is 4.04. The van der Waals surface area contributed by atoms with Gasteiger partial charge < -0.3 is 5.73 Å². The lowest BCUT2D eigenvalue weighted by Crippen LogP contribution is -2.01. The van der Waals surface area contributed by atoms with Gasteiger partial charge in [-0.1, -0.05) is 31.2 Å². The molecule has 0 atom stereocenters. The average molecular weight is 335 g/mol. The Morgan fingerprint density at radius 1 is 1.04 bits per heavy atom. The van der Waals surface area contributed by atoms with Crippen molar-refractivity contribution in [1.29, 1.82) is 5.26 Å². The van der Waals surface area contributed by atoms with E-state index in [2.05, 4.69) is 11.9 Å². The zero-order chi connectivity index (χ0) is 18.0. The second-order valence-electron chi connectivity index (χ2n) is 5.60. The first kappa shape index (κ1) is 16.6. The van der Waals surface area contributed by atoms with Crippen LogP contribution in [0, 0.1) is 23.0 Å². The van der Waals surface area contributed by atoms with E-state index in [9.17, 15) is 14.0 Å². The number of aromatic nitrogens is 1. The minimum absolute atomic E-state index is 0.0155. The summed E-state index contributed by atoms with van der Waals surface area (Å²) < 4.78 is 27.8. The van der Waals surface area contributed by atoms with E-state index in [1.54, 1.807) is 6.07 Å². The van der Waals surface area contributed by atoms with Crippen molar-refractivity contribution in [2.45, 2.75) is 13.3 Å². The van der Waals surface area contributed by atoms with Gasteiger partial charge in [0, 0.05) is 16.7 Å². The van der Waals surface area contributed by atoms with Crippen LogP contribution >= 0.6 is 0 Å². The number of nitrogens with two attached hydrogens (primary N) is 1. The van der Waals surface area contributed by atoms with Crippen LogP contribution in [0.3, 0.4) is 0 Å². The topological polar surface area (TPSA) is 62.7 Å². The first-order valence-corrected chi connectivity index (χ1v) is 7.78. The summed E-state index contributed by atoms with van der Waals surface area (Å²) in [6.07, 6.45) is 0.906. The second kappa shape index (κ2) is 6.70. The van der Waals surface area contributed by atoms with E-state index >= 15 is 0 Å². The zero-order valence-electron chi connectivity index (χ0n) is 13.6. The lowest BCUT2D eigenvalue weighted by Gasteiger charge is -2.11. The molecule has 0 fully saturated rings. The van der Waals surface area contributed by atoms with Gasteiger partial charge in [-0.3, -0.25) is 0 Å². The zero-order valence-corrected chi connectivity index (χ0v) is 13.6. The van der Waals surface area contributed by atoms with E-state index in [0.717, 1.165) is 30.2 Å². The van der Waals surface area contributed by atoms with Crippen LogP contribution in [0.4, 0.5) is 14.6 Å². The molecule has 0 amide bonds. The molecule has 3 aromatic rings. The van der Waals surface area contributed by atoms with Gasteiger partial charge >= 0.3 is 0 Å². The molecule has 2 aromatic carbocycles. The van der Waals surface area contributed by atoms with Crippen LogP contribution in [0.25, 0.3) is 22.4 Å². The SMILES string of the molecule is CCc1ccc(-c2cc(-c3cc(F)ccc3F)c(C#N)c(N)n2)cc1. The molecule has 0 unspecified atom stereocenters. The first-order chi connectivity index (χ1) is 12.0. The van der Waals surface area contributed by atoms with Gasteiger partial charge in [-0.2, -0.15) is 5.26 Å². The Morgan fingerprint density at radius 2 is 1.76 bits per heavy atom. The van der Waals surface area contributed by atoms with Gasteiger partial charge in [0.25, 0.3) is 0 Å². The molecule has 124 valence electrons. The van der Waals surface area contributed by atoms with Crippen molar-refractivity contribution in [2.24, 2.45) is 0 Å². The molecule has 0 saturated heterocycles. The van der Waals surface area contributed by atoms with Crippen molar-refractivity contribution in [3.63, 3.8) is 0 Å². The van der Waals surface area contributed by atoms with Crippen LogP contribution in [0.1, 0.15) is 18.1 Å². The Hall–Kier alpha value is -3.26. The third kappa shape index (κ3) is 3.20. The fourth-order valence-corrected chi connectivity index (χ4v) is 2.66. The molecule has 1 heterocycles. The largest absolute Gasteiger partial charge is 0.383 e. The lowest BCUT2D eigenvalue weighted by atomic mass is 9.97. The summed E-state index contributed by atoms with van der Waals surface area (Å²) in [7, 11) is 0. The summed E-state index contributed by atoms with van der Waals surface area (Å²) in [4.78, 5) is 4.25. The molecule has 1 aromatic heterocycles. The standard InChI is InChI=1S/C20H15F2N3/c1-2-12-3-5-13(6-4-12)19-10-15(17(11-23)20(24)25-19)16-9-14(21)7-8-18(16)22/h3-10H,2H2,1H3,(H2,24,25). The van der Waals surface area contributed by atoms with E-state index in [1.807, 2.05) is 30.3 Å². The maximum absolute atomic E-state index is 14.2. The molecule has 3 nitrogen and oxygen atoms in total. The number of nitriles is 1. The van der Waals surface area contributed by atoms with Crippen molar-refractivity contribution >= 4 is 5.82 Å². The molecular weight excluding hydrogens is 320 g/mol. The summed E-state index contributed by atoms with van der Waals surface area (Å²) in [6, 6.07) is 14.3. The van der Waals surface area contributed by atoms with E-state index in [-0.39, 0.29) is 22.5 Å². The van der Waals surface area contributed by atoms with E-state index in [4.69, 9.17) is 5.73 Å². The van der Waals surface area contributed by atoms with Gasteiger partial charge in [0.2, 0.25) is 0 Å². The molecule has 3 rings (SSSR count). The van der Waals surface area contributed by atoms with E-state index in [0.29, 0.717) is 5.69 Å². The van der Waals surface area contributed by atoms with Crippen LogP contribution in [0.2, 0.25) is 0 Å². The third-order valence-corrected chi connectivity index (χ3v) is 4.04. The summed E-state index contributed by atoms with van der Waals surface area (Å²) in [5.74, 6) is -1.24. The number of hydrogen-bond donors (Lipinski definition) is 1. The fraction of sp³-hybridized carbons (Fsp3) is 0.100. The highest BCUT2D eigenvalue weighted by Gasteiger charge is 2.17. The smallest absolute Gasteiger partial charge is 0.142 e. The first-order valence-electron chi connectivity index (χ1n) is 7.78. The van der Waals surface area contributed by atoms with Gasteiger partial charge in [0.1, 0.15) is 29.1 Å². The van der Waals surface area contributed by atoms with E-state index < -0.39 is 11.6 Å². The number of benzene rings is 2. The maximum atomic E-state index is 14.2. The molecule has 0 aliphatic heterocycles. The molecule has 0 saturated carbocycles. The van der Waals surface area contributed by atoms with Gasteiger partial charge in [-0.15, -0.1) is 0 Å². The van der Waals surface area contributed by atoms with Gasteiger partial charge in [0.15, 0.2) is 0 Å². The summed E-state index contributed by atoms with van der Waals surface area (Å²) in [5, 5.41) is 9.36.